The Labute approximate surface area is 145 Å². The van der Waals surface area contributed by atoms with Crippen LogP contribution in [0.25, 0.3) is 22.1 Å². The van der Waals surface area contributed by atoms with Crippen LogP contribution in [0.5, 0.6) is 5.75 Å². The van der Waals surface area contributed by atoms with Crippen LogP contribution in [0.3, 0.4) is 0 Å². The molecule has 0 aliphatic carbocycles. The highest BCUT2D eigenvalue weighted by molar-refractivity contribution is 6.05. The van der Waals surface area contributed by atoms with E-state index in [0.717, 1.165) is 5.39 Å². The first-order valence-corrected chi connectivity index (χ1v) is 7.52. The molecule has 0 aliphatic rings. The molecule has 0 saturated heterocycles. The Bertz CT molecular complexity index is 1170. The Morgan fingerprint density at radius 3 is 2.92 bits per heavy atom. The second-order valence-corrected chi connectivity index (χ2v) is 5.37. The zero-order valence-corrected chi connectivity index (χ0v) is 13.2. The standard InChI is InChI=1S/C17H11N5O4/c23-13-6-5-11(22(24)25)7-10(13)8-20-21-17-16-15(18-9-19-17)12-3-1-2-4-14(12)26-16/h1-9,23H,(H,18,19,21). The number of para-hydroxylation sites is 1. The zero-order chi connectivity index (χ0) is 18.1. The fourth-order valence-corrected chi connectivity index (χ4v) is 2.52. The number of benzene rings is 2. The molecular weight excluding hydrogens is 338 g/mol. The minimum atomic E-state index is -0.549. The quantitative estimate of drug-likeness (QED) is 0.328. The highest BCUT2D eigenvalue weighted by Gasteiger charge is 2.12. The van der Waals surface area contributed by atoms with Gasteiger partial charge in [-0.25, -0.2) is 9.97 Å². The van der Waals surface area contributed by atoms with Gasteiger partial charge in [0.05, 0.1) is 11.1 Å². The summed E-state index contributed by atoms with van der Waals surface area (Å²) in [4.78, 5) is 18.6. The van der Waals surface area contributed by atoms with E-state index in [1.54, 1.807) is 0 Å². The zero-order valence-electron chi connectivity index (χ0n) is 13.2. The van der Waals surface area contributed by atoms with Crippen molar-refractivity contribution in [2.24, 2.45) is 5.10 Å². The van der Waals surface area contributed by atoms with Gasteiger partial charge in [-0.05, 0) is 18.2 Å². The molecule has 128 valence electrons. The number of nitrogens with zero attached hydrogens (tertiary/aromatic N) is 4. The highest BCUT2D eigenvalue weighted by atomic mass is 16.6. The summed E-state index contributed by atoms with van der Waals surface area (Å²) in [5, 5.41) is 25.5. The van der Waals surface area contributed by atoms with Crippen LogP contribution < -0.4 is 5.43 Å². The predicted molar refractivity (Wildman–Crippen MR) is 95.3 cm³/mol. The van der Waals surface area contributed by atoms with Crippen LogP contribution in [0.1, 0.15) is 5.56 Å². The topological polar surface area (TPSA) is 127 Å². The molecular formula is C17H11N5O4. The van der Waals surface area contributed by atoms with Crippen molar-refractivity contribution in [3.8, 4) is 5.75 Å². The fourth-order valence-electron chi connectivity index (χ4n) is 2.52. The number of anilines is 1. The molecule has 0 saturated carbocycles. The molecule has 2 aromatic carbocycles. The summed E-state index contributed by atoms with van der Waals surface area (Å²) in [6.07, 6.45) is 2.64. The summed E-state index contributed by atoms with van der Waals surface area (Å²) in [5.41, 5.74) is 4.52. The number of furan rings is 1. The van der Waals surface area contributed by atoms with Gasteiger partial charge >= 0.3 is 0 Å². The highest BCUT2D eigenvalue weighted by Crippen LogP contribution is 2.30. The van der Waals surface area contributed by atoms with Crippen LogP contribution in [0.4, 0.5) is 11.5 Å². The van der Waals surface area contributed by atoms with Crippen molar-refractivity contribution >= 4 is 39.8 Å². The maximum atomic E-state index is 10.8. The summed E-state index contributed by atoms with van der Waals surface area (Å²) in [6.45, 7) is 0. The van der Waals surface area contributed by atoms with E-state index in [9.17, 15) is 15.2 Å². The average molecular weight is 349 g/mol. The number of hydrogen-bond donors (Lipinski definition) is 2. The molecule has 0 bridgehead atoms. The van der Waals surface area contributed by atoms with Gasteiger partial charge in [0.1, 0.15) is 23.2 Å². The number of aromatic hydroxyl groups is 1. The summed E-state index contributed by atoms with van der Waals surface area (Å²) in [6, 6.07) is 11.1. The van der Waals surface area contributed by atoms with E-state index >= 15 is 0 Å². The van der Waals surface area contributed by atoms with Crippen LogP contribution >= 0.6 is 0 Å². The number of hydrogen-bond acceptors (Lipinski definition) is 8. The molecule has 26 heavy (non-hydrogen) atoms. The number of phenolic OH excluding ortho intramolecular Hbond substituents is 1. The minimum Gasteiger partial charge on any atom is -0.507 e. The molecule has 0 unspecified atom stereocenters. The van der Waals surface area contributed by atoms with Crippen LogP contribution in [0.2, 0.25) is 0 Å². The van der Waals surface area contributed by atoms with E-state index in [1.165, 1.54) is 30.7 Å². The van der Waals surface area contributed by atoms with Gasteiger partial charge in [-0.3, -0.25) is 15.5 Å². The molecule has 2 N–H and O–H groups in total. The van der Waals surface area contributed by atoms with E-state index in [-0.39, 0.29) is 17.0 Å². The van der Waals surface area contributed by atoms with Crippen molar-refractivity contribution in [1.29, 1.82) is 0 Å². The first-order chi connectivity index (χ1) is 12.6. The Balaban J connectivity index is 1.67. The summed E-state index contributed by atoms with van der Waals surface area (Å²) < 4.78 is 5.76. The maximum absolute atomic E-state index is 10.8. The van der Waals surface area contributed by atoms with Crippen molar-refractivity contribution in [1.82, 2.24) is 9.97 Å². The van der Waals surface area contributed by atoms with Crippen LogP contribution in [-0.4, -0.2) is 26.2 Å². The Morgan fingerprint density at radius 2 is 2.08 bits per heavy atom. The number of nitro groups is 1. The van der Waals surface area contributed by atoms with Crippen LogP contribution in [-0.2, 0) is 0 Å². The number of nitro benzene ring substituents is 1. The SMILES string of the molecule is O=[N+]([O-])c1ccc(O)c(C=NNc2ncnc3c2oc2ccccc23)c1. The molecule has 0 fully saturated rings. The third kappa shape index (κ3) is 2.67. The molecule has 0 atom stereocenters. The molecule has 0 amide bonds. The predicted octanol–water partition coefficient (Wildman–Crippen LogP) is 3.44. The third-order valence-electron chi connectivity index (χ3n) is 3.75. The Kier molecular flexibility index (Phi) is 3.66. The minimum absolute atomic E-state index is 0.127. The van der Waals surface area contributed by atoms with Crippen molar-refractivity contribution in [2.75, 3.05) is 5.43 Å². The smallest absolute Gasteiger partial charge is 0.270 e. The van der Waals surface area contributed by atoms with E-state index in [2.05, 4.69) is 20.5 Å². The molecule has 4 aromatic rings. The molecule has 0 radical (unpaired) electrons. The lowest BCUT2D eigenvalue weighted by Crippen LogP contribution is -1.96. The van der Waals surface area contributed by atoms with Gasteiger partial charge < -0.3 is 9.52 Å². The second kappa shape index (κ2) is 6.13. The lowest BCUT2D eigenvalue weighted by Gasteiger charge is -2.00. The van der Waals surface area contributed by atoms with Crippen molar-refractivity contribution < 1.29 is 14.4 Å². The first-order valence-electron chi connectivity index (χ1n) is 7.52. The van der Waals surface area contributed by atoms with Crippen molar-refractivity contribution in [3.05, 3.63) is 64.5 Å². The molecule has 2 heterocycles. The van der Waals surface area contributed by atoms with Gasteiger partial charge in [-0.15, -0.1) is 0 Å². The van der Waals surface area contributed by atoms with Gasteiger partial charge in [0.25, 0.3) is 5.69 Å². The first kappa shape index (κ1) is 15.5. The van der Waals surface area contributed by atoms with Gasteiger partial charge in [0, 0.05) is 23.1 Å². The van der Waals surface area contributed by atoms with Crippen molar-refractivity contribution in [2.45, 2.75) is 0 Å². The van der Waals surface area contributed by atoms with Gasteiger partial charge in [-0.2, -0.15) is 5.10 Å². The number of rotatable bonds is 4. The van der Waals surface area contributed by atoms with E-state index in [1.807, 2.05) is 24.3 Å². The Hall–Kier alpha value is -4.01. The van der Waals surface area contributed by atoms with Gasteiger partial charge in [-0.1, -0.05) is 12.1 Å². The van der Waals surface area contributed by atoms with Gasteiger partial charge in [0.2, 0.25) is 0 Å². The molecule has 4 rings (SSSR count). The normalized spacial score (nSPS) is 11.4. The van der Waals surface area contributed by atoms with Crippen LogP contribution in [0.15, 0.2) is 58.3 Å². The van der Waals surface area contributed by atoms with Gasteiger partial charge in [0.15, 0.2) is 11.4 Å². The summed E-state index contributed by atoms with van der Waals surface area (Å²) in [5.74, 6) is 0.213. The number of phenols is 1. The third-order valence-corrected chi connectivity index (χ3v) is 3.75. The number of nitrogens with one attached hydrogen (secondary N) is 1. The lowest BCUT2D eigenvalue weighted by atomic mass is 10.2. The Morgan fingerprint density at radius 1 is 1.23 bits per heavy atom. The molecule has 9 nitrogen and oxygen atoms in total. The van der Waals surface area contributed by atoms with E-state index in [0.29, 0.717) is 22.5 Å². The van der Waals surface area contributed by atoms with E-state index < -0.39 is 4.92 Å². The molecule has 0 spiro atoms. The maximum Gasteiger partial charge on any atom is 0.270 e. The second-order valence-electron chi connectivity index (χ2n) is 5.37. The monoisotopic (exact) mass is 349 g/mol. The molecule has 2 aromatic heterocycles. The molecule has 0 aliphatic heterocycles. The number of fused-ring (bicyclic) bond motifs is 3. The van der Waals surface area contributed by atoms with Crippen LogP contribution in [0, 0.1) is 10.1 Å². The average Bonchev–Trinajstić information content (AvgIpc) is 3.03. The largest absolute Gasteiger partial charge is 0.507 e. The molecule has 9 heteroatoms. The van der Waals surface area contributed by atoms with Crippen molar-refractivity contribution in [3.63, 3.8) is 0 Å². The fraction of sp³-hybridized carbons (Fsp3) is 0. The number of non-ortho nitro benzene ring substituents is 1. The van der Waals surface area contributed by atoms with E-state index in [4.69, 9.17) is 4.42 Å². The lowest BCUT2D eigenvalue weighted by molar-refractivity contribution is -0.384. The number of hydrazone groups is 1. The summed E-state index contributed by atoms with van der Waals surface area (Å²) in [7, 11) is 0. The summed E-state index contributed by atoms with van der Waals surface area (Å²) >= 11 is 0. The number of aromatic nitrogens is 2.